The van der Waals surface area contributed by atoms with Crippen LogP contribution in [-0.4, -0.2) is 10.9 Å². The van der Waals surface area contributed by atoms with E-state index >= 15 is 0 Å². The molecule has 0 spiro atoms. The third-order valence-electron chi connectivity index (χ3n) is 3.58. The molecule has 122 valence electrons. The average Bonchev–Trinajstić information content (AvgIpc) is 3.04. The van der Waals surface area contributed by atoms with Crippen molar-refractivity contribution in [3.63, 3.8) is 0 Å². The maximum absolute atomic E-state index is 12.2. The predicted octanol–water partition coefficient (Wildman–Crippen LogP) is 3.99. The van der Waals surface area contributed by atoms with Crippen LogP contribution in [0.25, 0.3) is 0 Å². The normalized spacial score (nSPS) is 10.4. The van der Waals surface area contributed by atoms with Gasteiger partial charge in [0.1, 0.15) is 0 Å². The van der Waals surface area contributed by atoms with Crippen molar-refractivity contribution in [1.82, 2.24) is 10.3 Å². The number of carbonyl (C=O) groups excluding carboxylic acids is 1. The van der Waals surface area contributed by atoms with Gasteiger partial charge in [-0.25, -0.2) is 4.98 Å². The van der Waals surface area contributed by atoms with Crippen LogP contribution in [-0.2, 0) is 13.1 Å². The number of nitrogens with one attached hydrogen (secondary N) is 2. The molecule has 0 saturated heterocycles. The molecular formula is C19H19N3OS. The summed E-state index contributed by atoms with van der Waals surface area (Å²) < 4.78 is 0. The van der Waals surface area contributed by atoms with Crippen LogP contribution in [0.4, 0.5) is 5.69 Å². The van der Waals surface area contributed by atoms with Crippen LogP contribution >= 0.6 is 11.3 Å². The summed E-state index contributed by atoms with van der Waals surface area (Å²) in [5, 5.41) is 9.35. The summed E-state index contributed by atoms with van der Waals surface area (Å²) >= 11 is 1.65. The van der Waals surface area contributed by atoms with E-state index in [-0.39, 0.29) is 5.91 Å². The Morgan fingerprint density at radius 2 is 1.79 bits per heavy atom. The molecule has 5 heteroatoms. The van der Waals surface area contributed by atoms with E-state index in [1.165, 1.54) is 0 Å². The van der Waals surface area contributed by atoms with Crippen molar-refractivity contribution in [2.24, 2.45) is 0 Å². The molecule has 0 fully saturated rings. The third-order valence-corrected chi connectivity index (χ3v) is 4.41. The molecule has 4 nitrogen and oxygen atoms in total. The number of nitrogens with zero attached hydrogens (tertiary/aromatic N) is 1. The molecule has 0 radical (unpaired) electrons. The Morgan fingerprint density at radius 1 is 1.04 bits per heavy atom. The lowest BCUT2D eigenvalue weighted by Crippen LogP contribution is -2.22. The van der Waals surface area contributed by atoms with Crippen molar-refractivity contribution in [2.45, 2.75) is 20.0 Å². The Kier molecular flexibility index (Phi) is 5.23. The largest absolute Gasteiger partial charge is 0.379 e. The van der Waals surface area contributed by atoms with Crippen LogP contribution in [0.2, 0.25) is 0 Å². The topological polar surface area (TPSA) is 54.0 Å². The summed E-state index contributed by atoms with van der Waals surface area (Å²) in [7, 11) is 0. The monoisotopic (exact) mass is 337 g/mol. The molecular weight excluding hydrogens is 318 g/mol. The lowest BCUT2D eigenvalue weighted by atomic mass is 10.1. The summed E-state index contributed by atoms with van der Waals surface area (Å²) in [6, 6.07) is 17.4. The van der Waals surface area contributed by atoms with Gasteiger partial charge in [-0.3, -0.25) is 4.79 Å². The molecule has 0 aliphatic rings. The quantitative estimate of drug-likeness (QED) is 0.715. The summed E-state index contributed by atoms with van der Waals surface area (Å²) in [5.41, 5.74) is 3.74. The highest BCUT2D eigenvalue weighted by Gasteiger charge is 2.05. The number of rotatable bonds is 6. The number of benzene rings is 2. The van der Waals surface area contributed by atoms with E-state index in [0.717, 1.165) is 22.0 Å². The van der Waals surface area contributed by atoms with Crippen molar-refractivity contribution in [3.05, 3.63) is 81.8 Å². The lowest BCUT2D eigenvalue weighted by Gasteiger charge is -2.07. The van der Waals surface area contributed by atoms with Crippen LogP contribution in [0.1, 0.15) is 26.6 Å². The lowest BCUT2D eigenvalue weighted by molar-refractivity contribution is 0.0951. The smallest absolute Gasteiger partial charge is 0.251 e. The fourth-order valence-electron chi connectivity index (χ4n) is 2.30. The number of thiazole rings is 1. The molecule has 0 aliphatic carbocycles. The van der Waals surface area contributed by atoms with Gasteiger partial charge < -0.3 is 10.6 Å². The Labute approximate surface area is 145 Å². The first kappa shape index (κ1) is 16.2. The molecule has 0 saturated carbocycles. The van der Waals surface area contributed by atoms with Crippen molar-refractivity contribution in [2.75, 3.05) is 5.32 Å². The van der Waals surface area contributed by atoms with Gasteiger partial charge in [-0.15, -0.1) is 11.3 Å². The first-order valence-corrected chi connectivity index (χ1v) is 8.66. The predicted molar refractivity (Wildman–Crippen MR) is 98.2 cm³/mol. The van der Waals surface area contributed by atoms with Gasteiger partial charge in [0.05, 0.1) is 17.2 Å². The second-order valence-corrected chi connectivity index (χ2v) is 6.52. The molecule has 1 amide bonds. The van der Waals surface area contributed by atoms with E-state index < -0.39 is 0 Å². The van der Waals surface area contributed by atoms with Crippen molar-refractivity contribution >= 4 is 22.9 Å². The van der Waals surface area contributed by atoms with Gasteiger partial charge in [-0.1, -0.05) is 30.3 Å². The zero-order valence-electron chi connectivity index (χ0n) is 13.5. The third kappa shape index (κ3) is 4.43. The first-order chi connectivity index (χ1) is 11.7. The Balaban J connectivity index is 1.52. The average molecular weight is 337 g/mol. The van der Waals surface area contributed by atoms with Gasteiger partial charge in [-0.05, 0) is 36.8 Å². The van der Waals surface area contributed by atoms with Gasteiger partial charge in [0.15, 0.2) is 0 Å². The Morgan fingerprint density at radius 3 is 2.46 bits per heavy atom. The number of hydrogen-bond acceptors (Lipinski definition) is 4. The Bertz CT molecular complexity index is 797. The molecule has 0 aliphatic heterocycles. The number of anilines is 1. The van der Waals surface area contributed by atoms with Gasteiger partial charge in [0.2, 0.25) is 0 Å². The number of hydrogen-bond donors (Lipinski definition) is 2. The summed E-state index contributed by atoms with van der Waals surface area (Å²) in [5.74, 6) is -0.0690. The molecule has 1 heterocycles. The second-order valence-electron chi connectivity index (χ2n) is 5.46. The SMILES string of the molecule is Cc1nc(CNc2ccc(C(=O)NCc3ccccc3)cc2)cs1. The zero-order chi connectivity index (χ0) is 16.8. The van der Waals surface area contributed by atoms with Crippen LogP contribution in [0, 0.1) is 6.92 Å². The van der Waals surface area contributed by atoms with Crippen molar-refractivity contribution in [3.8, 4) is 0 Å². The van der Waals surface area contributed by atoms with E-state index in [4.69, 9.17) is 0 Å². The zero-order valence-corrected chi connectivity index (χ0v) is 14.3. The molecule has 0 unspecified atom stereocenters. The van der Waals surface area contributed by atoms with E-state index in [1.807, 2.05) is 66.9 Å². The highest BCUT2D eigenvalue weighted by molar-refractivity contribution is 7.09. The minimum Gasteiger partial charge on any atom is -0.379 e. The first-order valence-electron chi connectivity index (χ1n) is 7.78. The standard InChI is InChI=1S/C19H19N3OS/c1-14-22-18(13-24-14)12-20-17-9-7-16(8-10-17)19(23)21-11-15-5-3-2-4-6-15/h2-10,13,20H,11-12H2,1H3,(H,21,23). The van der Waals surface area contributed by atoms with E-state index in [9.17, 15) is 4.79 Å². The fraction of sp³-hybridized carbons (Fsp3) is 0.158. The van der Waals surface area contributed by atoms with E-state index in [0.29, 0.717) is 18.7 Å². The van der Waals surface area contributed by atoms with Crippen molar-refractivity contribution < 1.29 is 4.79 Å². The van der Waals surface area contributed by atoms with Crippen LogP contribution < -0.4 is 10.6 Å². The maximum atomic E-state index is 12.2. The number of aromatic nitrogens is 1. The minimum atomic E-state index is -0.0690. The molecule has 3 rings (SSSR count). The van der Waals surface area contributed by atoms with Crippen molar-refractivity contribution in [1.29, 1.82) is 0 Å². The van der Waals surface area contributed by atoms with Gasteiger partial charge in [-0.2, -0.15) is 0 Å². The number of amides is 1. The van der Waals surface area contributed by atoms with Gasteiger partial charge in [0.25, 0.3) is 5.91 Å². The second kappa shape index (κ2) is 7.75. The van der Waals surface area contributed by atoms with Crippen LogP contribution in [0.5, 0.6) is 0 Å². The Hall–Kier alpha value is -2.66. The highest BCUT2D eigenvalue weighted by atomic mass is 32.1. The molecule has 0 atom stereocenters. The summed E-state index contributed by atoms with van der Waals surface area (Å²) in [6.45, 7) is 3.21. The summed E-state index contributed by atoms with van der Waals surface area (Å²) in [6.07, 6.45) is 0. The fourth-order valence-corrected chi connectivity index (χ4v) is 2.91. The number of carbonyl (C=O) groups is 1. The molecule has 3 aromatic rings. The molecule has 24 heavy (non-hydrogen) atoms. The molecule has 1 aromatic heterocycles. The maximum Gasteiger partial charge on any atom is 0.251 e. The molecule has 2 aromatic carbocycles. The summed E-state index contributed by atoms with van der Waals surface area (Å²) in [4.78, 5) is 16.6. The molecule has 0 bridgehead atoms. The number of aryl methyl sites for hydroxylation is 1. The van der Waals surface area contributed by atoms with E-state index in [1.54, 1.807) is 11.3 Å². The minimum absolute atomic E-state index is 0.0690. The van der Waals surface area contributed by atoms with Gasteiger partial charge >= 0.3 is 0 Å². The van der Waals surface area contributed by atoms with Crippen LogP contribution in [0.3, 0.4) is 0 Å². The van der Waals surface area contributed by atoms with Crippen LogP contribution in [0.15, 0.2) is 60.0 Å². The highest BCUT2D eigenvalue weighted by Crippen LogP contribution is 2.13. The molecule has 2 N–H and O–H groups in total. The van der Waals surface area contributed by atoms with Gasteiger partial charge in [0, 0.05) is 23.2 Å². The van der Waals surface area contributed by atoms with E-state index in [2.05, 4.69) is 15.6 Å².